The van der Waals surface area contributed by atoms with Crippen molar-refractivity contribution in [3.8, 4) is 0 Å². The number of nitrogens with zero attached hydrogens (tertiary/aromatic N) is 1. The zero-order valence-corrected chi connectivity index (χ0v) is 16.8. The van der Waals surface area contributed by atoms with Gasteiger partial charge in [-0.25, -0.2) is 4.90 Å². The molecule has 0 unspecified atom stereocenters. The van der Waals surface area contributed by atoms with Crippen molar-refractivity contribution in [3.05, 3.63) is 100 Å². The van der Waals surface area contributed by atoms with Crippen LogP contribution >= 0.6 is 11.6 Å². The molecule has 5 heteroatoms. The number of rotatable bonds is 4. The largest absolute Gasteiger partial charge is 0.350 e. The first kappa shape index (κ1) is 19.0. The molecule has 0 radical (unpaired) electrons. The van der Waals surface area contributed by atoms with Crippen molar-refractivity contribution in [3.63, 3.8) is 0 Å². The Hall–Kier alpha value is -3.37. The van der Waals surface area contributed by atoms with Gasteiger partial charge in [-0.05, 0) is 55.3 Å². The lowest BCUT2D eigenvalue weighted by Crippen LogP contribution is -2.33. The number of amides is 2. The number of anilines is 2. The van der Waals surface area contributed by atoms with Crippen molar-refractivity contribution >= 4 is 40.4 Å². The van der Waals surface area contributed by atoms with Gasteiger partial charge in [-0.15, -0.1) is 0 Å². The predicted octanol–water partition coefficient (Wildman–Crippen LogP) is 5.35. The number of benzene rings is 3. The first-order chi connectivity index (χ1) is 14.0. The van der Waals surface area contributed by atoms with Crippen LogP contribution in [0.1, 0.15) is 16.7 Å². The minimum atomic E-state index is -0.389. The number of hydrogen-bond acceptors (Lipinski definition) is 3. The summed E-state index contributed by atoms with van der Waals surface area (Å²) in [4.78, 5) is 28.0. The minimum Gasteiger partial charge on any atom is -0.350 e. The van der Waals surface area contributed by atoms with Crippen LogP contribution in [-0.4, -0.2) is 11.8 Å². The van der Waals surface area contributed by atoms with E-state index < -0.39 is 0 Å². The monoisotopic (exact) mass is 402 g/mol. The standard InChI is InChI=1S/C24H19ClN2O2/c1-15-8-11-19(12-9-15)26-22-21(17-6-4-3-5-7-17)23(28)27(24(22)29)20-13-10-18(25)14-16(20)2/h3-14,26H,1-2H3. The topological polar surface area (TPSA) is 49.4 Å². The highest BCUT2D eigenvalue weighted by atomic mass is 35.5. The molecule has 0 atom stereocenters. The van der Waals surface area contributed by atoms with E-state index in [0.29, 0.717) is 21.8 Å². The Balaban J connectivity index is 1.82. The molecule has 0 saturated heterocycles. The second-order valence-electron chi connectivity index (χ2n) is 6.98. The molecule has 0 aromatic heterocycles. The predicted molar refractivity (Wildman–Crippen MR) is 117 cm³/mol. The van der Waals surface area contributed by atoms with E-state index in [-0.39, 0.29) is 17.5 Å². The fraction of sp³-hybridized carbons (Fsp3) is 0.0833. The van der Waals surface area contributed by atoms with Crippen LogP contribution in [0.4, 0.5) is 11.4 Å². The summed E-state index contributed by atoms with van der Waals surface area (Å²) in [6.07, 6.45) is 0. The Morgan fingerprint density at radius 2 is 1.52 bits per heavy atom. The van der Waals surface area contributed by atoms with Crippen LogP contribution in [0.15, 0.2) is 78.5 Å². The number of carbonyl (C=O) groups excluding carboxylic acids is 2. The number of hydrogen-bond donors (Lipinski definition) is 1. The zero-order valence-electron chi connectivity index (χ0n) is 16.1. The van der Waals surface area contributed by atoms with E-state index in [1.54, 1.807) is 18.2 Å². The molecular weight excluding hydrogens is 384 g/mol. The van der Waals surface area contributed by atoms with Gasteiger partial charge in [-0.3, -0.25) is 9.59 Å². The van der Waals surface area contributed by atoms with Crippen molar-refractivity contribution in [2.75, 3.05) is 10.2 Å². The van der Waals surface area contributed by atoms with Gasteiger partial charge in [-0.2, -0.15) is 0 Å². The molecule has 3 aromatic rings. The third-order valence-electron chi connectivity index (χ3n) is 4.87. The number of aryl methyl sites for hydroxylation is 2. The van der Waals surface area contributed by atoms with Crippen molar-refractivity contribution in [2.45, 2.75) is 13.8 Å². The molecule has 0 aliphatic carbocycles. The lowest BCUT2D eigenvalue weighted by Gasteiger charge is -2.18. The Labute approximate surface area is 174 Å². The van der Waals surface area contributed by atoms with Crippen molar-refractivity contribution in [1.82, 2.24) is 0 Å². The van der Waals surface area contributed by atoms with Gasteiger partial charge in [0, 0.05) is 10.7 Å². The summed E-state index contributed by atoms with van der Waals surface area (Å²) >= 11 is 6.06. The summed E-state index contributed by atoms with van der Waals surface area (Å²) < 4.78 is 0. The van der Waals surface area contributed by atoms with Gasteiger partial charge in [0.05, 0.1) is 11.3 Å². The maximum Gasteiger partial charge on any atom is 0.282 e. The maximum absolute atomic E-state index is 13.4. The summed E-state index contributed by atoms with van der Waals surface area (Å²) in [6, 6.07) is 22.0. The van der Waals surface area contributed by atoms with Crippen LogP contribution in [0.2, 0.25) is 5.02 Å². The molecule has 4 nitrogen and oxygen atoms in total. The summed E-state index contributed by atoms with van der Waals surface area (Å²) in [5.41, 5.74) is 4.44. The quantitative estimate of drug-likeness (QED) is 0.598. The Bertz CT molecular complexity index is 1140. The summed E-state index contributed by atoms with van der Waals surface area (Å²) in [6.45, 7) is 3.82. The van der Waals surface area contributed by atoms with Crippen LogP contribution < -0.4 is 10.2 Å². The van der Waals surface area contributed by atoms with Gasteiger partial charge < -0.3 is 5.32 Å². The number of nitrogens with one attached hydrogen (secondary N) is 1. The molecule has 29 heavy (non-hydrogen) atoms. The number of carbonyl (C=O) groups is 2. The average Bonchev–Trinajstić information content (AvgIpc) is 2.94. The van der Waals surface area contributed by atoms with Crippen molar-refractivity contribution in [1.29, 1.82) is 0 Å². The molecule has 3 aromatic carbocycles. The summed E-state index contributed by atoms with van der Waals surface area (Å²) in [5.74, 6) is -0.749. The smallest absolute Gasteiger partial charge is 0.282 e. The Morgan fingerprint density at radius 1 is 0.828 bits per heavy atom. The fourth-order valence-corrected chi connectivity index (χ4v) is 3.61. The molecule has 1 heterocycles. The zero-order chi connectivity index (χ0) is 20.5. The summed E-state index contributed by atoms with van der Waals surface area (Å²) in [7, 11) is 0. The van der Waals surface area contributed by atoms with Crippen LogP contribution in [0.3, 0.4) is 0 Å². The highest BCUT2D eigenvalue weighted by Crippen LogP contribution is 2.35. The molecule has 1 N–H and O–H groups in total. The van der Waals surface area contributed by atoms with Gasteiger partial charge in [0.25, 0.3) is 11.8 Å². The van der Waals surface area contributed by atoms with E-state index in [1.165, 1.54) is 4.90 Å². The maximum atomic E-state index is 13.4. The highest BCUT2D eigenvalue weighted by molar-refractivity contribution is 6.46. The van der Waals surface area contributed by atoms with E-state index in [4.69, 9.17) is 11.6 Å². The number of halogens is 1. The van der Waals surface area contributed by atoms with Gasteiger partial charge in [0.2, 0.25) is 0 Å². The number of imide groups is 1. The second kappa shape index (κ2) is 7.57. The van der Waals surface area contributed by atoms with Crippen molar-refractivity contribution in [2.24, 2.45) is 0 Å². The fourth-order valence-electron chi connectivity index (χ4n) is 3.39. The third kappa shape index (κ3) is 3.55. The molecule has 2 amide bonds. The Kier molecular flexibility index (Phi) is 4.95. The summed E-state index contributed by atoms with van der Waals surface area (Å²) in [5, 5.41) is 3.72. The van der Waals surface area contributed by atoms with Crippen LogP contribution in [0.25, 0.3) is 5.57 Å². The van der Waals surface area contributed by atoms with E-state index in [0.717, 1.165) is 16.8 Å². The molecule has 0 bridgehead atoms. The van der Waals surface area contributed by atoms with Gasteiger partial charge in [0.15, 0.2) is 0 Å². The van der Waals surface area contributed by atoms with E-state index in [1.807, 2.05) is 68.4 Å². The lowest BCUT2D eigenvalue weighted by atomic mass is 10.0. The molecule has 0 saturated carbocycles. The van der Waals surface area contributed by atoms with E-state index >= 15 is 0 Å². The average molecular weight is 403 g/mol. The molecule has 0 spiro atoms. The van der Waals surface area contributed by atoms with Gasteiger partial charge >= 0.3 is 0 Å². The normalized spacial score (nSPS) is 14.0. The molecule has 144 valence electrons. The second-order valence-corrected chi connectivity index (χ2v) is 7.42. The van der Waals surface area contributed by atoms with Crippen LogP contribution in [0.5, 0.6) is 0 Å². The molecule has 0 fully saturated rings. The van der Waals surface area contributed by atoms with Crippen molar-refractivity contribution < 1.29 is 9.59 Å². The molecule has 1 aliphatic heterocycles. The van der Waals surface area contributed by atoms with Gasteiger partial charge in [-0.1, -0.05) is 59.6 Å². The van der Waals surface area contributed by atoms with E-state index in [2.05, 4.69) is 5.32 Å². The lowest BCUT2D eigenvalue weighted by molar-refractivity contribution is -0.120. The van der Waals surface area contributed by atoms with Crippen LogP contribution in [0, 0.1) is 13.8 Å². The first-order valence-electron chi connectivity index (χ1n) is 9.24. The van der Waals surface area contributed by atoms with Crippen LogP contribution in [-0.2, 0) is 9.59 Å². The highest BCUT2D eigenvalue weighted by Gasteiger charge is 2.40. The molecule has 4 rings (SSSR count). The molecular formula is C24H19ClN2O2. The third-order valence-corrected chi connectivity index (χ3v) is 5.10. The first-order valence-corrected chi connectivity index (χ1v) is 9.62. The SMILES string of the molecule is Cc1ccc(NC2=C(c3ccccc3)C(=O)N(c3ccc(Cl)cc3C)C2=O)cc1. The molecule has 1 aliphatic rings. The minimum absolute atomic E-state index is 0.263. The van der Waals surface area contributed by atoms with Gasteiger partial charge in [0.1, 0.15) is 5.70 Å². The van der Waals surface area contributed by atoms with E-state index in [9.17, 15) is 9.59 Å². The Morgan fingerprint density at radius 3 is 2.17 bits per heavy atom.